The molecule has 16 heavy (non-hydrogen) atoms. The Morgan fingerprint density at radius 3 is 2.75 bits per heavy atom. The fraction of sp³-hybridized carbons (Fsp3) is 0.429. The van der Waals surface area contributed by atoms with E-state index in [9.17, 15) is 0 Å². The zero-order valence-corrected chi connectivity index (χ0v) is 11.9. The summed E-state index contributed by atoms with van der Waals surface area (Å²) in [5.74, 6) is 0. The number of aryl methyl sites for hydroxylation is 1. The predicted octanol–water partition coefficient (Wildman–Crippen LogP) is 4.37. The van der Waals surface area contributed by atoms with E-state index in [1.807, 2.05) is 7.05 Å². The second-order valence-corrected chi connectivity index (χ2v) is 5.03. The van der Waals surface area contributed by atoms with E-state index in [2.05, 4.69) is 59.9 Å². The molecule has 0 aromatic heterocycles. The molecule has 0 amide bonds. The molecule has 2 heteroatoms. The van der Waals surface area contributed by atoms with Crippen molar-refractivity contribution in [1.29, 1.82) is 0 Å². The van der Waals surface area contributed by atoms with Gasteiger partial charge in [0.2, 0.25) is 0 Å². The number of nitrogens with one attached hydrogen (secondary N) is 1. The quantitative estimate of drug-likeness (QED) is 0.790. The fourth-order valence-electron chi connectivity index (χ4n) is 1.73. The summed E-state index contributed by atoms with van der Waals surface area (Å²) in [4.78, 5) is 0. The average Bonchev–Trinajstić information content (AvgIpc) is 2.29. The van der Waals surface area contributed by atoms with E-state index in [0.717, 1.165) is 12.8 Å². The Morgan fingerprint density at radius 1 is 1.50 bits per heavy atom. The first-order valence-electron chi connectivity index (χ1n) is 5.68. The van der Waals surface area contributed by atoms with Crippen LogP contribution in [0.4, 0.5) is 0 Å². The van der Waals surface area contributed by atoms with Crippen LogP contribution in [-0.2, 0) is 0 Å². The zero-order valence-electron chi connectivity index (χ0n) is 10.3. The van der Waals surface area contributed by atoms with Crippen LogP contribution < -0.4 is 5.32 Å². The van der Waals surface area contributed by atoms with Gasteiger partial charge >= 0.3 is 0 Å². The molecule has 0 aliphatic carbocycles. The van der Waals surface area contributed by atoms with E-state index in [1.165, 1.54) is 21.2 Å². The van der Waals surface area contributed by atoms with Gasteiger partial charge in [0.1, 0.15) is 0 Å². The van der Waals surface area contributed by atoms with E-state index in [1.54, 1.807) is 0 Å². The normalized spacial score (nSPS) is 12.5. The minimum absolute atomic E-state index is 0.349. The van der Waals surface area contributed by atoms with Crippen LogP contribution >= 0.6 is 15.9 Å². The van der Waals surface area contributed by atoms with Crippen LogP contribution in [-0.4, -0.2) is 7.05 Å². The molecule has 1 unspecified atom stereocenters. The van der Waals surface area contributed by atoms with Crippen LogP contribution in [0.2, 0.25) is 0 Å². The van der Waals surface area contributed by atoms with Gasteiger partial charge in [0.15, 0.2) is 0 Å². The fourth-order valence-corrected chi connectivity index (χ4v) is 2.25. The third kappa shape index (κ3) is 3.46. The van der Waals surface area contributed by atoms with Gasteiger partial charge in [-0.3, -0.25) is 0 Å². The van der Waals surface area contributed by atoms with Gasteiger partial charge in [0.25, 0.3) is 0 Å². The highest BCUT2D eigenvalue weighted by Gasteiger charge is 2.13. The number of benzene rings is 1. The largest absolute Gasteiger partial charge is 0.313 e. The molecule has 0 spiro atoms. The highest BCUT2D eigenvalue weighted by Crippen LogP contribution is 2.28. The Hall–Kier alpha value is -0.600. The second-order valence-electron chi connectivity index (χ2n) is 4.17. The van der Waals surface area contributed by atoms with Gasteiger partial charge in [-0.1, -0.05) is 52.7 Å². The van der Waals surface area contributed by atoms with Crippen LogP contribution in [0.25, 0.3) is 0 Å². The van der Waals surface area contributed by atoms with Gasteiger partial charge in [-0.15, -0.1) is 0 Å². The Kier molecular flexibility index (Phi) is 5.23. The SMILES string of the molecule is C=C(CC)CC(NC)c1cc(C)ccc1Br. The second kappa shape index (κ2) is 6.21. The Labute approximate surface area is 107 Å². The number of halogens is 1. The molecule has 1 nitrogen and oxygen atoms in total. The van der Waals surface area contributed by atoms with E-state index in [0.29, 0.717) is 6.04 Å². The highest BCUT2D eigenvalue weighted by molar-refractivity contribution is 9.10. The van der Waals surface area contributed by atoms with Crippen molar-refractivity contribution >= 4 is 15.9 Å². The van der Waals surface area contributed by atoms with Crippen molar-refractivity contribution in [3.63, 3.8) is 0 Å². The molecule has 0 saturated carbocycles. The van der Waals surface area contributed by atoms with Crippen LogP contribution in [0.1, 0.15) is 36.9 Å². The first-order valence-corrected chi connectivity index (χ1v) is 6.47. The van der Waals surface area contributed by atoms with Crippen molar-refractivity contribution in [3.05, 3.63) is 46.0 Å². The lowest BCUT2D eigenvalue weighted by atomic mass is 9.97. The van der Waals surface area contributed by atoms with Gasteiger partial charge in [-0.05, 0) is 38.4 Å². The summed E-state index contributed by atoms with van der Waals surface area (Å²) >= 11 is 3.61. The highest BCUT2D eigenvalue weighted by atomic mass is 79.9. The molecule has 1 aromatic rings. The monoisotopic (exact) mass is 281 g/mol. The van der Waals surface area contributed by atoms with E-state index < -0.39 is 0 Å². The Bertz CT molecular complexity index is 371. The molecule has 0 bridgehead atoms. The maximum Gasteiger partial charge on any atom is 0.0366 e. The predicted molar refractivity (Wildman–Crippen MR) is 74.7 cm³/mol. The van der Waals surface area contributed by atoms with Crippen LogP contribution in [0, 0.1) is 6.92 Å². The summed E-state index contributed by atoms with van der Waals surface area (Å²) in [6, 6.07) is 6.81. The third-order valence-electron chi connectivity index (χ3n) is 2.87. The molecule has 0 saturated heterocycles. The molecule has 0 aliphatic rings. The zero-order chi connectivity index (χ0) is 12.1. The third-order valence-corrected chi connectivity index (χ3v) is 3.59. The van der Waals surface area contributed by atoms with Crippen molar-refractivity contribution in [2.24, 2.45) is 0 Å². The molecule has 0 fully saturated rings. The Morgan fingerprint density at radius 2 is 2.19 bits per heavy atom. The van der Waals surface area contributed by atoms with Crippen LogP contribution in [0.3, 0.4) is 0 Å². The molecule has 1 atom stereocenters. The smallest absolute Gasteiger partial charge is 0.0366 e. The van der Waals surface area contributed by atoms with E-state index >= 15 is 0 Å². The topological polar surface area (TPSA) is 12.0 Å². The first kappa shape index (κ1) is 13.5. The molecule has 1 rings (SSSR count). The summed E-state index contributed by atoms with van der Waals surface area (Å²) < 4.78 is 1.17. The van der Waals surface area contributed by atoms with Crippen molar-refractivity contribution in [3.8, 4) is 0 Å². The van der Waals surface area contributed by atoms with Gasteiger partial charge in [0.05, 0.1) is 0 Å². The van der Waals surface area contributed by atoms with Crippen LogP contribution in [0.15, 0.2) is 34.8 Å². The summed E-state index contributed by atoms with van der Waals surface area (Å²) in [6.45, 7) is 8.36. The minimum Gasteiger partial charge on any atom is -0.313 e. The number of hydrogen-bond acceptors (Lipinski definition) is 1. The summed E-state index contributed by atoms with van der Waals surface area (Å²) in [5, 5.41) is 3.36. The summed E-state index contributed by atoms with van der Waals surface area (Å²) in [5.41, 5.74) is 3.89. The van der Waals surface area contributed by atoms with Crippen molar-refractivity contribution < 1.29 is 0 Å². The lowest BCUT2D eigenvalue weighted by molar-refractivity contribution is 0.580. The van der Waals surface area contributed by atoms with Gasteiger partial charge in [-0.2, -0.15) is 0 Å². The molecule has 1 N–H and O–H groups in total. The number of hydrogen-bond donors (Lipinski definition) is 1. The molecular formula is C14H20BrN. The van der Waals surface area contributed by atoms with Crippen molar-refractivity contribution in [1.82, 2.24) is 5.32 Å². The summed E-state index contributed by atoms with van der Waals surface area (Å²) in [6.07, 6.45) is 2.04. The molecule has 1 aromatic carbocycles. The lowest BCUT2D eigenvalue weighted by Crippen LogP contribution is -2.17. The maximum atomic E-state index is 4.08. The van der Waals surface area contributed by atoms with E-state index in [-0.39, 0.29) is 0 Å². The average molecular weight is 282 g/mol. The van der Waals surface area contributed by atoms with Crippen LogP contribution in [0.5, 0.6) is 0 Å². The van der Waals surface area contributed by atoms with Crippen molar-refractivity contribution in [2.75, 3.05) is 7.05 Å². The number of rotatable bonds is 5. The first-order chi connectivity index (χ1) is 7.58. The Balaban J connectivity index is 2.94. The van der Waals surface area contributed by atoms with Crippen molar-refractivity contribution in [2.45, 2.75) is 32.7 Å². The lowest BCUT2D eigenvalue weighted by Gasteiger charge is -2.19. The maximum absolute atomic E-state index is 4.08. The van der Waals surface area contributed by atoms with Gasteiger partial charge in [0, 0.05) is 10.5 Å². The standard InChI is InChI=1S/C14H20BrN/c1-5-10(2)9-14(16-4)12-8-11(3)6-7-13(12)15/h6-8,14,16H,2,5,9H2,1,3-4H3. The molecule has 0 heterocycles. The van der Waals surface area contributed by atoms with Gasteiger partial charge < -0.3 is 5.32 Å². The van der Waals surface area contributed by atoms with Gasteiger partial charge in [-0.25, -0.2) is 0 Å². The summed E-state index contributed by atoms with van der Waals surface area (Å²) in [7, 11) is 2.00. The molecular weight excluding hydrogens is 262 g/mol. The molecule has 88 valence electrons. The van der Waals surface area contributed by atoms with E-state index in [4.69, 9.17) is 0 Å². The minimum atomic E-state index is 0.349. The molecule has 0 radical (unpaired) electrons. The molecule has 0 aliphatic heterocycles.